The summed E-state index contributed by atoms with van der Waals surface area (Å²) in [7, 11) is -2.62. The van der Waals surface area contributed by atoms with E-state index in [0.29, 0.717) is 5.57 Å². The van der Waals surface area contributed by atoms with Crippen LogP contribution in [-0.2, 0) is 9.59 Å². The fraction of sp³-hybridized carbons (Fsp3) is 0.600. The Morgan fingerprint density at radius 3 is 2.00 bits per heavy atom. The SMILES string of the molecule is CCCCCCCCCC1=CC(=O)C=CC1=O.OP(O)O. The van der Waals surface area contributed by atoms with Gasteiger partial charge in [0.2, 0.25) is 0 Å². The van der Waals surface area contributed by atoms with E-state index in [1.807, 2.05) is 0 Å². The van der Waals surface area contributed by atoms with Gasteiger partial charge < -0.3 is 14.7 Å². The number of carbonyl (C=O) groups is 2. The van der Waals surface area contributed by atoms with Crippen LogP contribution in [0, 0.1) is 0 Å². The van der Waals surface area contributed by atoms with Crippen molar-refractivity contribution in [1.29, 1.82) is 0 Å². The van der Waals surface area contributed by atoms with Crippen LogP contribution in [0.4, 0.5) is 0 Å². The first-order valence-electron chi connectivity index (χ1n) is 7.31. The summed E-state index contributed by atoms with van der Waals surface area (Å²) in [4.78, 5) is 44.2. The molecule has 1 rings (SSSR count). The highest BCUT2D eigenvalue weighted by atomic mass is 31.2. The van der Waals surface area contributed by atoms with Crippen molar-refractivity contribution in [2.45, 2.75) is 58.3 Å². The maximum absolute atomic E-state index is 11.4. The van der Waals surface area contributed by atoms with E-state index in [2.05, 4.69) is 6.92 Å². The highest BCUT2D eigenvalue weighted by Crippen LogP contribution is 2.15. The molecule has 0 unspecified atom stereocenters. The van der Waals surface area contributed by atoms with Gasteiger partial charge in [0.25, 0.3) is 0 Å². The van der Waals surface area contributed by atoms with Gasteiger partial charge in [0, 0.05) is 5.57 Å². The van der Waals surface area contributed by atoms with Crippen molar-refractivity contribution in [2.75, 3.05) is 0 Å². The summed E-state index contributed by atoms with van der Waals surface area (Å²) >= 11 is 0. The molecule has 0 aromatic carbocycles. The Labute approximate surface area is 127 Å². The van der Waals surface area contributed by atoms with Gasteiger partial charge in [-0.15, -0.1) is 0 Å². The van der Waals surface area contributed by atoms with E-state index >= 15 is 0 Å². The number of unbranched alkanes of at least 4 members (excludes halogenated alkanes) is 6. The van der Waals surface area contributed by atoms with Crippen molar-refractivity contribution in [3.63, 3.8) is 0 Å². The predicted octanol–water partition coefficient (Wildman–Crippen LogP) is 2.95. The van der Waals surface area contributed by atoms with Crippen LogP contribution in [0.15, 0.2) is 23.8 Å². The van der Waals surface area contributed by atoms with E-state index in [4.69, 9.17) is 14.7 Å². The Hall–Kier alpha value is -0.870. The van der Waals surface area contributed by atoms with Gasteiger partial charge in [-0.3, -0.25) is 9.59 Å². The molecule has 1 aliphatic rings. The molecule has 6 heteroatoms. The molecular weight excluding hydrogens is 291 g/mol. The molecule has 0 fully saturated rings. The first-order valence-corrected chi connectivity index (χ1v) is 8.51. The maximum atomic E-state index is 11.4. The molecule has 0 aliphatic heterocycles. The predicted molar refractivity (Wildman–Crippen MR) is 83.4 cm³/mol. The Bertz CT molecular complexity index is 372. The largest absolute Gasteiger partial charge is 0.328 e. The molecule has 120 valence electrons. The summed E-state index contributed by atoms with van der Waals surface area (Å²) in [6.07, 6.45) is 13.6. The van der Waals surface area contributed by atoms with Crippen molar-refractivity contribution in [2.24, 2.45) is 0 Å². The summed E-state index contributed by atoms with van der Waals surface area (Å²) in [6, 6.07) is 0. The van der Waals surface area contributed by atoms with E-state index in [1.54, 1.807) is 0 Å². The summed E-state index contributed by atoms with van der Waals surface area (Å²) in [5.41, 5.74) is 0.686. The van der Waals surface area contributed by atoms with Crippen LogP contribution in [0.1, 0.15) is 58.3 Å². The minimum atomic E-state index is -2.62. The van der Waals surface area contributed by atoms with Crippen molar-refractivity contribution < 1.29 is 24.3 Å². The lowest BCUT2D eigenvalue weighted by Gasteiger charge is -2.06. The van der Waals surface area contributed by atoms with Gasteiger partial charge in [-0.1, -0.05) is 45.4 Å². The number of hydrogen-bond donors (Lipinski definition) is 3. The van der Waals surface area contributed by atoms with Crippen molar-refractivity contribution in [3.8, 4) is 0 Å². The van der Waals surface area contributed by atoms with Gasteiger partial charge in [-0.05, 0) is 31.1 Å². The number of hydrogen-bond acceptors (Lipinski definition) is 5. The molecule has 0 bridgehead atoms. The molecule has 0 aromatic heterocycles. The number of ketones is 2. The van der Waals surface area contributed by atoms with Crippen LogP contribution in [0.25, 0.3) is 0 Å². The quantitative estimate of drug-likeness (QED) is 0.363. The van der Waals surface area contributed by atoms with Crippen molar-refractivity contribution in [3.05, 3.63) is 23.8 Å². The second-order valence-electron chi connectivity index (χ2n) is 4.91. The number of allylic oxidation sites excluding steroid dienone is 4. The normalized spacial score (nSPS) is 14.0. The standard InChI is InChI=1S/C15H22O2.H3O3P/c1-2-3-4-5-6-7-8-9-13-12-14(16)10-11-15(13)17;1-4(2)3/h10-12H,2-9H2,1H3;1-3H. The van der Waals surface area contributed by atoms with Crippen LogP contribution >= 0.6 is 8.60 Å². The highest BCUT2D eigenvalue weighted by molar-refractivity contribution is 7.38. The van der Waals surface area contributed by atoms with E-state index in [1.165, 1.54) is 50.3 Å². The molecule has 21 heavy (non-hydrogen) atoms. The smallest absolute Gasteiger partial charge is 0.324 e. The molecule has 0 atom stereocenters. The van der Waals surface area contributed by atoms with E-state index in [9.17, 15) is 9.59 Å². The van der Waals surface area contributed by atoms with Gasteiger partial charge in [-0.25, -0.2) is 0 Å². The van der Waals surface area contributed by atoms with Gasteiger partial charge >= 0.3 is 8.60 Å². The fourth-order valence-corrected chi connectivity index (χ4v) is 2.02. The molecule has 5 nitrogen and oxygen atoms in total. The monoisotopic (exact) mass is 316 g/mol. The topological polar surface area (TPSA) is 94.8 Å². The Balaban J connectivity index is 0.000000885. The van der Waals surface area contributed by atoms with Crippen LogP contribution < -0.4 is 0 Å². The second kappa shape index (κ2) is 12.8. The highest BCUT2D eigenvalue weighted by Gasteiger charge is 2.12. The molecule has 0 saturated heterocycles. The van der Waals surface area contributed by atoms with E-state index in [-0.39, 0.29) is 11.6 Å². The lowest BCUT2D eigenvalue weighted by atomic mass is 9.97. The minimum absolute atomic E-state index is 0.00980. The zero-order chi connectivity index (χ0) is 16.1. The average molecular weight is 316 g/mol. The molecule has 0 spiro atoms. The van der Waals surface area contributed by atoms with Crippen molar-refractivity contribution >= 4 is 20.2 Å². The van der Waals surface area contributed by atoms with Gasteiger partial charge in [0.05, 0.1) is 0 Å². The molecule has 0 heterocycles. The third-order valence-corrected chi connectivity index (χ3v) is 3.08. The first-order chi connectivity index (χ1) is 9.97. The lowest BCUT2D eigenvalue weighted by Crippen LogP contribution is -2.07. The number of rotatable bonds is 8. The zero-order valence-electron chi connectivity index (χ0n) is 12.5. The van der Waals surface area contributed by atoms with Crippen LogP contribution in [-0.4, -0.2) is 26.2 Å². The Morgan fingerprint density at radius 2 is 1.43 bits per heavy atom. The molecule has 0 radical (unpaired) electrons. The van der Waals surface area contributed by atoms with Crippen molar-refractivity contribution in [1.82, 2.24) is 0 Å². The summed E-state index contributed by atoms with van der Waals surface area (Å²) in [5, 5.41) is 0. The second-order valence-corrected chi connectivity index (χ2v) is 5.45. The maximum Gasteiger partial charge on any atom is 0.324 e. The zero-order valence-corrected chi connectivity index (χ0v) is 13.4. The lowest BCUT2D eigenvalue weighted by molar-refractivity contribution is -0.114. The molecule has 0 saturated carbocycles. The van der Waals surface area contributed by atoms with Crippen LogP contribution in [0.5, 0.6) is 0 Å². The minimum Gasteiger partial charge on any atom is -0.328 e. The molecule has 0 amide bonds. The molecule has 0 aromatic rings. The third kappa shape index (κ3) is 12.6. The summed E-state index contributed by atoms with van der Waals surface area (Å²) in [6.45, 7) is 2.21. The average Bonchev–Trinajstić information content (AvgIpc) is 2.41. The molecule has 3 N–H and O–H groups in total. The molecular formula is C15H25O5P. The van der Waals surface area contributed by atoms with Crippen LogP contribution in [0.2, 0.25) is 0 Å². The van der Waals surface area contributed by atoms with Gasteiger partial charge in [-0.2, -0.15) is 0 Å². The molecule has 1 aliphatic carbocycles. The van der Waals surface area contributed by atoms with Crippen LogP contribution in [0.3, 0.4) is 0 Å². The third-order valence-electron chi connectivity index (χ3n) is 3.08. The van der Waals surface area contributed by atoms with E-state index in [0.717, 1.165) is 19.3 Å². The first kappa shape index (κ1) is 20.1. The number of carbonyl (C=O) groups excluding carboxylic acids is 2. The Morgan fingerprint density at radius 1 is 0.905 bits per heavy atom. The summed E-state index contributed by atoms with van der Waals surface area (Å²) in [5.74, 6) is -0.0434. The summed E-state index contributed by atoms with van der Waals surface area (Å²) < 4.78 is 0. The Kier molecular flexibility index (Phi) is 12.3. The van der Waals surface area contributed by atoms with Gasteiger partial charge in [0.15, 0.2) is 11.6 Å². The fourth-order valence-electron chi connectivity index (χ4n) is 2.02. The van der Waals surface area contributed by atoms with E-state index < -0.39 is 8.60 Å². The van der Waals surface area contributed by atoms with Gasteiger partial charge in [0.1, 0.15) is 0 Å².